The molecule has 2 rings (SSSR count). The number of amides is 1. The third-order valence-electron chi connectivity index (χ3n) is 2.64. The average molecular weight is 295 g/mol. The molecule has 0 saturated heterocycles. The van der Waals surface area contributed by atoms with Gasteiger partial charge in [-0.3, -0.25) is 4.79 Å². The maximum Gasteiger partial charge on any atom is 0.340 e. The highest BCUT2D eigenvalue weighted by Crippen LogP contribution is 2.28. The molecule has 8 heteroatoms. The first kappa shape index (κ1) is 14.1. The van der Waals surface area contributed by atoms with Crippen LogP contribution in [-0.4, -0.2) is 33.4 Å². The van der Waals surface area contributed by atoms with Gasteiger partial charge in [0.05, 0.1) is 11.3 Å². The summed E-state index contributed by atoms with van der Waals surface area (Å²) in [5, 5.41) is 9.37. The summed E-state index contributed by atoms with van der Waals surface area (Å²) in [7, 11) is 1.44. The molecule has 0 aromatic carbocycles. The Morgan fingerprint density at radius 1 is 1.40 bits per heavy atom. The summed E-state index contributed by atoms with van der Waals surface area (Å²) in [5.74, 6) is -2.32. The van der Waals surface area contributed by atoms with Crippen molar-refractivity contribution < 1.29 is 19.1 Å². The zero-order chi connectivity index (χ0) is 14.9. The van der Waals surface area contributed by atoms with E-state index >= 15 is 0 Å². The van der Waals surface area contributed by atoms with Gasteiger partial charge in [-0.2, -0.15) is 8.76 Å². The molecule has 1 N–H and O–H groups in total. The number of carbonyl (C=O) groups excluding carboxylic acids is 1. The molecule has 0 fully saturated rings. The highest BCUT2D eigenvalue weighted by Gasteiger charge is 2.24. The highest BCUT2D eigenvalue weighted by molar-refractivity contribution is 7.11. The molecule has 0 aliphatic heterocycles. The van der Waals surface area contributed by atoms with Crippen molar-refractivity contribution in [3.05, 3.63) is 41.1 Å². The summed E-state index contributed by atoms with van der Waals surface area (Å²) in [6, 6.07) is 2.35. The van der Waals surface area contributed by atoms with Crippen LogP contribution in [0.1, 0.15) is 26.4 Å². The average Bonchev–Trinajstić information content (AvgIpc) is 2.80. The second-order valence-corrected chi connectivity index (χ2v) is 4.74. The van der Waals surface area contributed by atoms with Gasteiger partial charge in [0.25, 0.3) is 5.91 Å². The SMILES string of the molecule is Cc1nsc(N(C)C(=O)c2ccc(F)nc2)c1C(=O)O. The Kier molecular flexibility index (Phi) is 3.75. The molecule has 0 radical (unpaired) electrons. The molecule has 20 heavy (non-hydrogen) atoms. The molecule has 0 bridgehead atoms. The normalized spacial score (nSPS) is 10.3. The van der Waals surface area contributed by atoms with E-state index in [1.165, 1.54) is 18.0 Å². The van der Waals surface area contributed by atoms with Crippen LogP contribution in [0.2, 0.25) is 0 Å². The molecule has 0 aliphatic rings. The van der Waals surface area contributed by atoms with Crippen LogP contribution in [0.5, 0.6) is 0 Å². The van der Waals surface area contributed by atoms with Crippen molar-refractivity contribution in [1.82, 2.24) is 9.36 Å². The number of aromatic carboxylic acids is 1. The topological polar surface area (TPSA) is 83.4 Å². The Labute approximate surface area is 117 Å². The maximum atomic E-state index is 12.7. The Hall–Kier alpha value is -2.35. The number of rotatable bonds is 3. The van der Waals surface area contributed by atoms with Crippen LogP contribution in [0.15, 0.2) is 18.3 Å². The number of carboxylic acid groups (broad SMARTS) is 1. The zero-order valence-electron chi connectivity index (χ0n) is 10.6. The van der Waals surface area contributed by atoms with Crippen molar-refractivity contribution in [2.45, 2.75) is 6.92 Å². The third kappa shape index (κ3) is 2.50. The molecule has 0 atom stereocenters. The van der Waals surface area contributed by atoms with Crippen molar-refractivity contribution in [2.24, 2.45) is 0 Å². The Balaban J connectivity index is 2.36. The van der Waals surface area contributed by atoms with Crippen LogP contribution in [-0.2, 0) is 0 Å². The summed E-state index contributed by atoms with van der Waals surface area (Å²) >= 11 is 0.919. The number of hydrogen-bond acceptors (Lipinski definition) is 5. The van der Waals surface area contributed by atoms with Gasteiger partial charge in [0.2, 0.25) is 5.95 Å². The van der Waals surface area contributed by atoms with E-state index in [1.54, 1.807) is 6.92 Å². The largest absolute Gasteiger partial charge is 0.478 e. The minimum absolute atomic E-state index is 0.0130. The number of halogens is 1. The van der Waals surface area contributed by atoms with Crippen LogP contribution in [0.3, 0.4) is 0 Å². The summed E-state index contributed by atoms with van der Waals surface area (Å²) in [6.07, 6.45) is 1.10. The van der Waals surface area contributed by atoms with Crippen molar-refractivity contribution in [3.8, 4) is 0 Å². The van der Waals surface area contributed by atoms with E-state index in [0.29, 0.717) is 5.69 Å². The summed E-state index contributed by atoms with van der Waals surface area (Å²) in [6.45, 7) is 1.56. The summed E-state index contributed by atoms with van der Waals surface area (Å²) in [4.78, 5) is 27.9. The van der Waals surface area contributed by atoms with E-state index in [0.717, 1.165) is 23.8 Å². The van der Waals surface area contributed by atoms with Crippen molar-refractivity contribution >= 4 is 28.4 Å². The molecule has 0 unspecified atom stereocenters. The molecular formula is C12H10FN3O3S. The number of nitrogens with zero attached hydrogens (tertiary/aromatic N) is 3. The Morgan fingerprint density at radius 2 is 2.10 bits per heavy atom. The number of pyridine rings is 1. The molecule has 2 heterocycles. The number of carboxylic acids is 1. The number of hydrogen-bond donors (Lipinski definition) is 1. The predicted molar refractivity (Wildman–Crippen MR) is 70.7 cm³/mol. The quantitative estimate of drug-likeness (QED) is 0.875. The molecule has 0 spiro atoms. The zero-order valence-corrected chi connectivity index (χ0v) is 11.4. The Bertz CT molecular complexity index is 669. The first-order valence-corrected chi connectivity index (χ1v) is 6.28. The first-order chi connectivity index (χ1) is 9.41. The minimum Gasteiger partial charge on any atom is -0.478 e. The number of aromatic nitrogens is 2. The van der Waals surface area contributed by atoms with Crippen LogP contribution in [0.4, 0.5) is 9.39 Å². The molecule has 1 amide bonds. The molecule has 2 aromatic heterocycles. The summed E-state index contributed by atoms with van der Waals surface area (Å²) in [5.41, 5.74) is 0.492. The van der Waals surface area contributed by atoms with Gasteiger partial charge in [0.15, 0.2) is 0 Å². The molecule has 0 aliphatic carbocycles. The van der Waals surface area contributed by atoms with Gasteiger partial charge < -0.3 is 10.0 Å². The van der Waals surface area contributed by atoms with E-state index < -0.39 is 17.8 Å². The fourth-order valence-electron chi connectivity index (χ4n) is 1.62. The van der Waals surface area contributed by atoms with Gasteiger partial charge in [-0.25, -0.2) is 9.78 Å². The lowest BCUT2D eigenvalue weighted by Crippen LogP contribution is -2.27. The lowest BCUT2D eigenvalue weighted by molar-refractivity contribution is 0.0697. The van der Waals surface area contributed by atoms with Crippen LogP contribution in [0.25, 0.3) is 0 Å². The van der Waals surface area contributed by atoms with E-state index in [1.807, 2.05) is 0 Å². The number of carbonyl (C=O) groups is 2. The lowest BCUT2D eigenvalue weighted by atomic mass is 10.2. The van der Waals surface area contributed by atoms with Gasteiger partial charge in [-0.1, -0.05) is 0 Å². The predicted octanol–water partition coefficient (Wildman–Crippen LogP) is 1.96. The molecule has 6 nitrogen and oxygen atoms in total. The van der Waals surface area contributed by atoms with Gasteiger partial charge in [0, 0.05) is 13.2 Å². The van der Waals surface area contributed by atoms with Crippen LogP contribution in [0, 0.1) is 12.9 Å². The van der Waals surface area contributed by atoms with E-state index in [9.17, 15) is 14.0 Å². The second-order valence-electron chi connectivity index (χ2n) is 3.99. The second kappa shape index (κ2) is 5.33. The monoisotopic (exact) mass is 295 g/mol. The maximum absolute atomic E-state index is 12.7. The first-order valence-electron chi connectivity index (χ1n) is 5.51. The van der Waals surface area contributed by atoms with Gasteiger partial charge in [0.1, 0.15) is 10.6 Å². The minimum atomic E-state index is -1.15. The van der Waals surface area contributed by atoms with Crippen LogP contribution >= 0.6 is 11.5 Å². The van der Waals surface area contributed by atoms with Gasteiger partial charge >= 0.3 is 5.97 Å². The standard InChI is InChI=1S/C12H10FN3O3S/c1-6-9(12(18)19)11(20-15-6)16(2)10(17)7-3-4-8(13)14-5-7/h3-5H,1-2H3,(H,18,19). The summed E-state index contributed by atoms with van der Waals surface area (Å²) < 4.78 is 16.7. The molecule has 104 valence electrons. The van der Waals surface area contributed by atoms with E-state index in [-0.39, 0.29) is 16.1 Å². The van der Waals surface area contributed by atoms with Crippen molar-refractivity contribution in [1.29, 1.82) is 0 Å². The van der Waals surface area contributed by atoms with E-state index in [4.69, 9.17) is 5.11 Å². The fraction of sp³-hybridized carbons (Fsp3) is 0.167. The van der Waals surface area contributed by atoms with Crippen molar-refractivity contribution in [3.63, 3.8) is 0 Å². The van der Waals surface area contributed by atoms with Gasteiger partial charge in [-0.15, -0.1) is 0 Å². The molecule has 2 aromatic rings. The number of anilines is 1. The van der Waals surface area contributed by atoms with Crippen LogP contribution < -0.4 is 4.90 Å². The van der Waals surface area contributed by atoms with E-state index in [2.05, 4.69) is 9.36 Å². The third-order valence-corrected chi connectivity index (χ3v) is 3.66. The molecule has 0 saturated carbocycles. The number of aryl methyl sites for hydroxylation is 1. The fourth-order valence-corrected chi connectivity index (χ4v) is 2.47. The van der Waals surface area contributed by atoms with Crippen molar-refractivity contribution in [2.75, 3.05) is 11.9 Å². The van der Waals surface area contributed by atoms with Gasteiger partial charge in [-0.05, 0) is 30.6 Å². The smallest absolute Gasteiger partial charge is 0.340 e. The highest BCUT2D eigenvalue weighted by atomic mass is 32.1. The molecular weight excluding hydrogens is 285 g/mol. The Morgan fingerprint density at radius 3 is 2.65 bits per heavy atom. The lowest BCUT2D eigenvalue weighted by Gasteiger charge is -2.15.